The summed E-state index contributed by atoms with van der Waals surface area (Å²) in [6.45, 7) is 8.03. The van der Waals surface area contributed by atoms with Crippen LogP contribution in [-0.2, 0) is 15.6 Å². The zero-order valence-electron chi connectivity index (χ0n) is 11.1. The number of benzene rings is 1. The first-order chi connectivity index (χ1) is 8.21. The Kier molecular flexibility index (Phi) is 3.60. The fraction of sp³-hybridized carbons (Fsp3) is 0.538. The number of hydrogen-bond donors (Lipinski definition) is 0. The normalized spacial score (nSPS) is 21.3. The summed E-state index contributed by atoms with van der Waals surface area (Å²) in [4.78, 5) is 0. The third kappa shape index (κ3) is 2.63. The van der Waals surface area contributed by atoms with Gasteiger partial charge in [0.25, 0.3) is 0 Å². The lowest BCUT2D eigenvalue weighted by atomic mass is 9.81. The first kappa shape index (κ1) is 14.0. The molecule has 0 aromatic heterocycles. The van der Waals surface area contributed by atoms with Crippen LogP contribution in [0.15, 0.2) is 22.7 Å². The van der Waals surface area contributed by atoms with Gasteiger partial charge in [0.1, 0.15) is 5.82 Å². The van der Waals surface area contributed by atoms with Crippen LogP contribution in [0.5, 0.6) is 0 Å². The van der Waals surface area contributed by atoms with E-state index < -0.39 is 0 Å². The van der Waals surface area contributed by atoms with Crippen molar-refractivity contribution in [2.75, 3.05) is 0 Å². The molecule has 0 aliphatic carbocycles. The summed E-state index contributed by atoms with van der Waals surface area (Å²) in [5, 5.41) is 0. The van der Waals surface area contributed by atoms with Crippen molar-refractivity contribution in [3.05, 3.63) is 34.1 Å². The zero-order chi connectivity index (χ0) is 13.6. The first-order valence-electron chi connectivity index (χ1n) is 6.01. The molecule has 0 saturated carbocycles. The highest BCUT2D eigenvalue weighted by molar-refractivity contribution is 9.10. The summed E-state index contributed by atoms with van der Waals surface area (Å²) in [6, 6.07) is 4.64. The molecule has 0 bridgehead atoms. The van der Waals surface area contributed by atoms with Gasteiger partial charge < -0.3 is 9.31 Å². The second kappa shape index (κ2) is 4.62. The van der Waals surface area contributed by atoms with E-state index in [1.165, 1.54) is 12.1 Å². The largest absolute Gasteiger partial charge is 0.462 e. The van der Waals surface area contributed by atoms with E-state index in [0.29, 0.717) is 6.32 Å². The third-order valence-corrected chi connectivity index (χ3v) is 4.47. The van der Waals surface area contributed by atoms with Gasteiger partial charge in [0, 0.05) is 10.8 Å². The van der Waals surface area contributed by atoms with Crippen LogP contribution in [0.3, 0.4) is 0 Å². The summed E-state index contributed by atoms with van der Waals surface area (Å²) in [5.41, 5.74) is 0.156. The van der Waals surface area contributed by atoms with Crippen molar-refractivity contribution in [2.24, 2.45) is 0 Å². The maximum atomic E-state index is 13.2. The minimum Gasteiger partial charge on any atom is -0.403 e. The van der Waals surface area contributed by atoms with Gasteiger partial charge in [-0.25, -0.2) is 4.39 Å². The predicted octanol–water partition coefficient (Wildman–Crippen LogP) is 3.76. The van der Waals surface area contributed by atoms with Crippen molar-refractivity contribution >= 4 is 23.0 Å². The Balaban J connectivity index is 2.15. The van der Waals surface area contributed by atoms with Gasteiger partial charge in [0.15, 0.2) is 0 Å². The Morgan fingerprint density at radius 1 is 1.17 bits per heavy atom. The van der Waals surface area contributed by atoms with Crippen LogP contribution >= 0.6 is 15.9 Å². The summed E-state index contributed by atoms with van der Waals surface area (Å²) < 4.78 is 25.9. The van der Waals surface area contributed by atoms with Crippen LogP contribution < -0.4 is 0 Å². The second-order valence-electron chi connectivity index (χ2n) is 5.63. The second-order valence-corrected chi connectivity index (χ2v) is 6.48. The standard InChI is InChI=1S/C13H17BBrFO2/c1-12(2)13(3,4)18-14(17-12)8-9-7-10(16)5-6-11(9)15/h5-7H,8H2,1-4H3. The summed E-state index contributed by atoms with van der Waals surface area (Å²) >= 11 is 3.42. The highest BCUT2D eigenvalue weighted by Crippen LogP contribution is 2.37. The Morgan fingerprint density at radius 3 is 2.28 bits per heavy atom. The molecule has 1 saturated heterocycles. The average Bonchev–Trinajstić information content (AvgIpc) is 2.41. The lowest BCUT2D eigenvalue weighted by Crippen LogP contribution is -2.41. The topological polar surface area (TPSA) is 18.5 Å². The molecule has 1 fully saturated rings. The molecule has 0 amide bonds. The van der Waals surface area contributed by atoms with Gasteiger partial charge in [-0.15, -0.1) is 0 Å². The van der Waals surface area contributed by atoms with Gasteiger partial charge in [0.2, 0.25) is 0 Å². The van der Waals surface area contributed by atoms with Crippen molar-refractivity contribution in [1.82, 2.24) is 0 Å². The zero-order valence-corrected chi connectivity index (χ0v) is 12.7. The number of halogens is 2. The van der Waals surface area contributed by atoms with Crippen molar-refractivity contribution < 1.29 is 13.7 Å². The first-order valence-corrected chi connectivity index (χ1v) is 6.80. The quantitative estimate of drug-likeness (QED) is 0.774. The summed E-state index contributed by atoms with van der Waals surface area (Å²) in [7, 11) is -0.340. The SMILES string of the molecule is CC1(C)OB(Cc2cc(F)ccc2Br)OC1(C)C. The summed E-state index contributed by atoms with van der Waals surface area (Å²) in [6.07, 6.45) is 0.533. The smallest absolute Gasteiger partial charge is 0.403 e. The Labute approximate surface area is 116 Å². The molecule has 1 aromatic carbocycles. The molecule has 2 rings (SSSR count). The molecule has 2 nitrogen and oxygen atoms in total. The Bertz CT molecular complexity index is 446. The molecule has 0 N–H and O–H groups in total. The number of hydrogen-bond acceptors (Lipinski definition) is 2. The highest BCUT2D eigenvalue weighted by atomic mass is 79.9. The van der Waals surface area contributed by atoms with Gasteiger partial charge in [-0.3, -0.25) is 0 Å². The maximum Gasteiger partial charge on any atom is 0.462 e. The fourth-order valence-corrected chi connectivity index (χ4v) is 2.34. The fourth-order valence-electron chi connectivity index (χ4n) is 1.93. The molecule has 0 spiro atoms. The van der Waals surface area contributed by atoms with Crippen LogP contribution in [0.1, 0.15) is 33.3 Å². The van der Waals surface area contributed by atoms with Crippen LogP contribution in [0.2, 0.25) is 0 Å². The van der Waals surface area contributed by atoms with Gasteiger partial charge in [0.05, 0.1) is 11.2 Å². The molecule has 18 heavy (non-hydrogen) atoms. The van der Waals surface area contributed by atoms with Crippen molar-refractivity contribution in [1.29, 1.82) is 0 Å². The van der Waals surface area contributed by atoms with Crippen LogP contribution in [-0.4, -0.2) is 18.3 Å². The van der Waals surface area contributed by atoms with Crippen molar-refractivity contribution in [3.8, 4) is 0 Å². The minimum atomic E-state index is -0.350. The lowest BCUT2D eigenvalue weighted by molar-refractivity contribution is 0.00578. The summed E-state index contributed by atoms with van der Waals surface area (Å²) in [5.74, 6) is -0.246. The van der Waals surface area contributed by atoms with Crippen LogP contribution in [0.4, 0.5) is 4.39 Å². The van der Waals surface area contributed by atoms with Gasteiger partial charge in [-0.05, 0) is 51.5 Å². The van der Waals surface area contributed by atoms with Gasteiger partial charge in [-0.1, -0.05) is 15.9 Å². The number of rotatable bonds is 2. The van der Waals surface area contributed by atoms with E-state index in [9.17, 15) is 4.39 Å². The molecule has 98 valence electrons. The molecule has 1 aliphatic rings. The molecule has 5 heteroatoms. The van der Waals surface area contributed by atoms with E-state index in [0.717, 1.165) is 10.0 Å². The van der Waals surface area contributed by atoms with Crippen LogP contribution in [0.25, 0.3) is 0 Å². The van der Waals surface area contributed by atoms with Gasteiger partial charge in [-0.2, -0.15) is 0 Å². The third-order valence-electron chi connectivity index (χ3n) is 3.70. The molecule has 0 radical (unpaired) electrons. The highest BCUT2D eigenvalue weighted by Gasteiger charge is 2.50. The maximum absolute atomic E-state index is 13.2. The van der Waals surface area contributed by atoms with Crippen molar-refractivity contribution in [2.45, 2.75) is 45.2 Å². The molecular weight excluding hydrogens is 298 g/mol. The molecular formula is C13H17BBrFO2. The van der Waals surface area contributed by atoms with E-state index in [-0.39, 0.29) is 24.1 Å². The molecule has 0 atom stereocenters. The minimum absolute atomic E-state index is 0.246. The van der Waals surface area contributed by atoms with E-state index in [4.69, 9.17) is 9.31 Å². The Hall–Kier alpha value is -0.385. The van der Waals surface area contributed by atoms with E-state index in [2.05, 4.69) is 15.9 Å². The molecule has 1 heterocycles. The van der Waals surface area contributed by atoms with E-state index in [1.807, 2.05) is 27.7 Å². The molecule has 1 aromatic rings. The van der Waals surface area contributed by atoms with E-state index >= 15 is 0 Å². The molecule has 0 unspecified atom stereocenters. The van der Waals surface area contributed by atoms with Crippen molar-refractivity contribution in [3.63, 3.8) is 0 Å². The lowest BCUT2D eigenvalue weighted by Gasteiger charge is -2.32. The monoisotopic (exact) mass is 314 g/mol. The Morgan fingerprint density at radius 2 is 1.72 bits per heavy atom. The predicted molar refractivity (Wildman–Crippen MR) is 73.9 cm³/mol. The van der Waals surface area contributed by atoms with E-state index in [1.54, 1.807) is 6.07 Å². The average molecular weight is 315 g/mol. The molecule has 1 aliphatic heterocycles. The van der Waals surface area contributed by atoms with Crippen LogP contribution in [0, 0.1) is 5.82 Å². The van der Waals surface area contributed by atoms with Gasteiger partial charge >= 0.3 is 7.12 Å².